The van der Waals surface area contributed by atoms with Crippen LogP contribution in [0.15, 0.2) is 18.2 Å². The van der Waals surface area contributed by atoms with Crippen LogP contribution in [0.25, 0.3) is 0 Å². The van der Waals surface area contributed by atoms with Crippen LogP contribution in [0.4, 0.5) is 5.69 Å². The lowest BCUT2D eigenvalue weighted by Gasteiger charge is -2.23. The molecule has 0 radical (unpaired) electrons. The third-order valence-electron chi connectivity index (χ3n) is 3.72. The Kier molecular flexibility index (Phi) is 6.30. The second-order valence-corrected chi connectivity index (χ2v) is 6.05. The summed E-state index contributed by atoms with van der Waals surface area (Å²) in [6.07, 6.45) is 1.83. The highest BCUT2D eigenvalue weighted by molar-refractivity contribution is 6.31. The van der Waals surface area contributed by atoms with Crippen molar-refractivity contribution >= 4 is 17.3 Å². The zero-order chi connectivity index (χ0) is 15.2. The summed E-state index contributed by atoms with van der Waals surface area (Å²) in [7, 11) is 1.93. The molecular weight excluding hydrogens is 290 g/mol. The van der Waals surface area contributed by atoms with Gasteiger partial charge in [-0.15, -0.1) is 0 Å². The Labute approximate surface area is 131 Å². The van der Waals surface area contributed by atoms with Crippen LogP contribution in [0.2, 0.25) is 5.02 Å². The molecule has 4 nitrogen and oxygen atoms in total. The van der Waals surface area contributed by atoms with Crippen molar-refractivity contribution in [3.05, 3.63) is 28.8 Å². The van der Waals surface area contributed by atoms with Crippen LogP contribution in [-0.4, -0.2) is 50.7 Å². The Hall–Kier alpha value is -0.810. The van der Waals surface area contributed by atoms with Gasteiger partial charge in [0.1, 0.15) is 0 Å². The van der Waals surface area contributed by atoms with E-state index in [1.165, 1.54) is 0 Å². The molecule has 0 bridgehead atoms. The zero-order valence-corrected chi connectivity index (χ0v) is 13.5. The second kappa shape index (κ2) is 7.99. The van der Waals surface area contributed by atoms with E-state index < -0.39 is 6.10 Å². The fourth-order valence-corrected chi connectivity index (χ4v) is 2.58. The number of aliphatic hydroxyl groups is 1. The Balaban J connectivity index is 1.73. The normalized spacial score (nSPS) is 19.7. The molecular formula is C16H24ClNO3. The van der Waals surface area contributed by atoms with E-state index in [9.17, 15) is 5.11 Å². The molecule has 0 aromatic heterocycles. The maximum Gasteiger partial charge on any atom is 0.0947 e. The molecule has 0 amide bonds. The zero-order valence-electron chi connectivity index (χ0n) is 12.7. The van der Waals surface area contributed by atoms with Crippen LogP contribution in [-0.2, 0) is 9.47 Å². The number of aryl methyl sites for hydroxylation is 1. The van der Waals surface area contributed by atoms with Crippen LogP contribution in [0.1, 0.15) is 18.4 Å². The second-order valence-electron chi connectivity index (χ2n) is 5.64. The van der Waals surface area contributed by atoms with Gasteiger partial charge in [0, 0.05) is 30.9 Å². The number of rotatable bonds is 7. The van der Waals surface area contributed by atoms with E-state index in [2.05, 4.69) is 0 Å². The first kappa shape index (κ1) is 16.6. The molecule has 0 spiro atoms. The molecule has 0 saturated carbocycles. The highest BCUT2D eigenvalue weighted by atomic mass is 35.5. The van der Waals surface area contributed by atoms with E-state index in [0.29, 0.717) is 19.8 Å². The largest absolute Gasteiger partial charge is 0.389 e. The summed E-state index contributed by atoms with van der Waals surface area (Å²) in [5, 5.41) is 10.8. The minimum absolute atomic E-state index is 0.200. The number of halogens is 1. The predicted octanol–water partition coefficient (Wildman–Crippen LogP) is 2.64. The fraction of sp³-hybridized carbons (Fsp3) is 0.625. The van der Waals surface area contributed by atoms with Crippen molar-refractivity contribution in [3.8, 4) is 0 Å². The van der Waals surface area contributed by atoms with Gasteiger partial charge in [-0.25, -0.2) is 0 Å². The molecule has 0 aliphatic carbocycles. The number of likely N-dealkylation sites (N-methyl/N-ethyl adjacent to an activating group) is 1. The topological polar surface area (TPSA) is 41.9 Å². The molecule has 1 fully saturated rings. The van der Waals surface area contributed by atoms with Gasteiger partial charge in [-0.3, -0.25) is 0 Å². The lowest BCUT2D eigenvalue weighted by atomic mass is 10.2. The molecule has 5 heteroatoms. The summed E-state index contributed by atoms with van der Waals surface area (Å²) in [6.45, 7) is 4.19. The number of hydrogen-bond acceptors (Lipinski definition) is 4. The van der Waals surface area contributed by atoms with Gasteiger partial charge in [0.25, 0.3) is 0 Å². The molecule has 118 valence electrons. The van der Waals surface area contributed by atoms with E-state index >= 15 is 0 Å². The molecule has 1 aliphatic heterocycles. The van der Waals surface area contributed by atoms with Crippen molar-refractivity contribution in [1.82, 2.24) is 0 Å². The Morgan fingerprint density at radius 2 is 2.33 bits per heavy atom. The van der Waals surface area contributed by atoms with E-state index in [1.54, 1.807) is 0 Å². The Morgan fingerprint density at radius 3 is 3.00 bits per heavy atom. The maximum atomic E-state index is 10.0. The van der Waals surface area contributed by atoms with Crippen molar-refractivity contribution in [2.45, 2.75) is 32.0 Å². The predicted molar refractivity (Wildman–Crippen MR) is 85.3 cm³/mol. The van der Waals surface area contributed by atoms with Gasteiger partial charge in [-0.2, -0.15) is 0 Å². The number of benzene rings is 1. The molecule has 1 saturated heterocycles. The third-order valence-corrected chi connectivity index (χ3v) is 4.13. The molecule has 1 aromatic carbocycles. The third kappa shape index (κ3) is 5.15. The first-order valence-electron chi connectivity index (χ1n) is 7.41. The van der Waals surface area contributed by atoms with Gasteiger partial charge < -0.3 is 19.5 Å². The minimum Gasteiger partial charge on any atom is -0.389 e. The van der Waals surface area contributed by atoms with Gasteiger partial charge in [0.2, 0.25) is 0 Å². The SMILES string of the molecule is Cc1ccc(N(C)CC(O)COCC2CCCO2)cc1Cl. The number of ether oxygens (including phenoxy) is 2. The highest BCUT2D eigenvalue weighted by Crippen LogP contribution is 2.22. The molecule has 2 atom stereocenters. The smallest absolute Gasteiger partial charge is 0.0947 e. The number of anilines is 1. The van der Waals surface area contributed by atoms with Crippen molar-refractivity contribution in [1.29, 1.82) is 0 Å². The maximum absolute atomic E-state index is 10.0. The lowest BCUT2D eigenvalue weighted by Crippen LogP contribution is -2.33. The van der Waals surface area contributed by atoms with E-state index in [1.807, 2.05) is 37.1 Å². The number of hydrogen-bond donors (Lipinski definition) is 1. The van der Waals surface area contributed by atoms with Crippen LogP contribution in [0.5, 0.6) is 0 Å². The molecule has 1 aromatic rings. The Bertz CT molecular complexity index is 449. The fourth-order valence-electron chi connectivity index (χ4n) is 2.40. The average molecular weight is 314 g/mol. The van der Waals surface area contributed by atoms with Gasteiger partial charge in [0.05, 0.1) is 25.4 Å². The summed E-state index contributed by atoms with van der Waals surface area (Å²) >= 11 is 6.12. The summed E-state index contributed by atoms with van der Waals surface area (Å²) in [5.74, 6) is 0. The average Bonchev–Trinajstić information content (AvgIpc) is 2.95. The van der Waals surface area contributed by atoms with Crippen molar-refractivity contribution in [3.63, 3.8) is 0 Å². The molecule has 2 rings (SSSR count). The lowest BCUT2D eigenvalue weighted by molar-refractivity contribution is -0.0147. The molecule has 21 heavy (non-hydrogen) atoms. The Morgan fingerprint density at radius 1 is 1.52 bits per heavy atom. The van der Waals surface area contributed by atoms with Gasteiger partial charge in [-0.1, -0.05) is 17.7 Å². The van der Waals surface area contributed by atoms with Gasteiger partial charge >= 0.3 is 0 Å². The monoisotopic (exact) mass is 313 g/mol. The molecule has 1 N–H and O–H groups in total. The highest BCUT2D eigenvalue weighted by Gasteiger charge is 2.16. The summed E-state index contributed by atoms with van der Waals surface area (Å²) in [6, 6.07) is 5.90. The van der Waals surface area contributed by atoms with E-state index in [0.717, 1.165) is 35.7 Å². The van der Waals surface area contributed by atoms with Crippen molar-refractivity contribution < 1.29 is 14.6 Å². The van der Waals surface area contributed by atoms with E-state index in [4.69, 9.17) is 21.1 Å². The van der Waals surface area contributed by atoms with E-state index in [-0.39, 0.29) is 6.10 Å². The number of nitrogens with zero attached hydrogens (tertiary/aromatic N) is 1. The van der Waals surface area contributed by atoms with Crippen LogP contribution in [0.3, 0.4) is 0 Å². The minimum atomic E-state index is -0.531. The van der Waals surface area contributed by atoms with Crippen LogP contribution < -0.4 is 4.90 Å². The molecule has 2 unspecified atom stereocenters. The van der Waals surface area contributed by atoms with Crippen molar-refractivity contribution in [2.24, 2.45) is 0 Å². The van der Waals surface area contributed by atoms with Crippen LogP contribution >= 0.6 is 11.6 Å². The summed E-state index contributed by atoms with van der Waals surface area (Å²) in [4.78, 5) is 1.98. The molecule has 1 aliphatic rings. The van der Waals surface area contributed by atoms with Crippen LogP contribution in [0, 0.1) is 6.92 Å². The van der Waals surface area contributed by atoms with Crippen molar-refractivity contribution in [2.75, 3.05) is 38.3 Å². The summed E-state index contributed by atoms with van der Waals surface area (Å²) < 4.78 is 11.0. The number of aliphatic hydroxyl groups excluding tert-OH is 1. The van der Waals surface area contributed by atoms with Gasteiger partial charge in [-0.05, 0) is 37.5 Å². The summed E-state index contributed by atoms with van der Waals surface area (Å²) in [5.41, 5.74) is 2.04. The first-order chi connectivity index (χ1) is 10.1. The molecule has 1 heterocycles. The van der Waals surface area contributed by atoms with Gasteiger partial charge in [0.15, 0.2) is 0 Å². The first-order valence-corrected chi connectivity index (χ1v) is 7.78. The quantitative estimate of drug-likeness (QED) is 0.840. The standard InChI is InChI=1S/C16H24ClNO3/c1-12-5-6-13(8-16(12)17)18(2)9-14(19)10-20-11-15-4-3-7-21-15/h5-6,8,14-15,19H,3-4,7,9-11H2,1-2H3.